The van der Waals surface area contributed by atoms with E-state index in [-0.39, 0.29) is 0 Å². The first-order valence-corrected chi connectivity index (χ1v) is 8.16. The molecule has 2 fully saturated rings. The van der Waals surface area contributed by atoms with E-state index in [4.69, 9.17) is 11.6 Å². The summed E-state index contributed by atoms with van der Waals surface area (Å²) in [5.41, 5.74) is 1.30. The van der Waals surface area contributed by atoms with E-state index in [0.717, 1.165) is 24.2 Å². The molecule has 1 aromatic rings. The first kappa shape index (κ1) is 14.2. The van der Waals surface area contributed by atoms with Crippen LogP contribution in [0.2, 0.25) is 5.02 Å². The van der Waals surface area contributed by atoms with Gasteiger partial charge in [-0.15, -0.1) is 0 Å². The van der Waals surface area contributed by atoms with Crippen LogP contribution in [0.3, 0.4) is 0 Å². The molecule has 1 aromatic carbocycles. The number of halogens is 1. The third-order valence-corrected chi connectivity index (χ3v) is 4.80. The smallest absolute Gasteiger partial charge is 0.0407 e. The van der Waals surface area contributed by atoms with Gasteiger partial charge in [0.05, 0.1) is 0 Å². The third-order valence-electron chi connectivity index (χ3n) is 4.54. The number of hydrogen-bond donors (Lipinski definition) is 1. The van der Waals surface area contributed by atoms with Crippen molar-refractivity contribution in [1.29, 1.82) is 0 Å². The van der Waals surface area contributed by atoms with E-state index in [2.05, 4.69) is 27.2 Å². The maximum Gasteiger partial charge on any atom is 0.0407 e. The molecular formula is C16H24ClN3. The molecule has 2 aliphatic rings. The molecule has 1 atom stereocenters. The second-order valence-corrected chi connectivity index (χ2v) is 6.29. The Labute approximate surface area is 126 Å². The molecule has 20 heavy (non-hydrogen) atoms. The van der Waals surface area contributed by atoms with Crippen molar-refractivity contribution in [2.24, 2.45) is 0 Å². The fourth-order valence-corrected chi connectivity index (χ4v) is 3.44. The number of rotatable bonds is 2. The Morgan fingerprint density at radius 2 is 1.75 bits per heavy atom. The molecule has 4 heteroatoms. The Kier molecular flexibility index (Phi) is 4.81. The molecule has 3 rings (SSSR count). The van der Waals surface area contributed by atoms with Gasteiger partial charge in [0.25, 0.3) is 0 Å². The third kappa shape index (κ3) is 3.46. The first-order chi connectivity index (χ1) is 9.83. The van der Waals surface area contributed by atoms with Gasteiger partial charge in [0.15, 0.2) is 0 Å². The quantitative estimate of drug-likeness (QED) is 0.904. The Morgan fingerprint density at radius 1 is 1.00 bits per heavy atom. The number of hydrogen-bond acceptors (Lipinski definition) is 3. The molecule has 0 spiro atoms. The Morgan fingerprint density at radius 3 is 2.50 bits per heavy atom. The number of benzene rings is 1. The molecule has 0 aliphatic carbocycles. The van der Waals surface area contributed by atoms with E-state index in [0.29, 0.717) is 0 Å². The van der Waals surface area contributed by atoms with Gasteiger partial charge in [-0.3, -0.25) is 4.90 Å². The fourth-order valence-electron chi connectivity index (χ4n) is 3.31. The number of anilines is 1. The van der Waals surface area contributed by atoms with Crippen LogP contribution < -0.4 is 10.2 Å². The van der Waals surface area contributed by atoms with E-state index in [9.17, 15) is 0 Å². The number of nitrogens with one attached hydrogen (secondary N) is 1. The average Bonchev–Trinajstić information content (AvgIpc) is 2.77. The molecule has 0 radical (unpaired) electrons. The zero-order chi connectivity index (χ0) is 13.8. The summed E-state index contributed by atoms with van der Waals surface area (Å²) in [6.07, 6.45) is 4.06. The number of nitrogens with zero attached hydrogens (tertiary/aromatic N) is 2. The van der Waals surface area contributed by atoms with Gasteiger partial charge in [-0.25, -0.2) is 0 Å². The summed E-state index contributed by atoms with van der Waals surface area (Å²) in [5.74, 6) is 0. The molecule has 0 amide bonds. The van der Waals surface area contributed by atoms with E-state index in [1.807, 2.05) is 12.1 Å². The summed E-state index contributed by atoms with van der Waals surface area (Å²) in [5, 5.41) is 4.39. The molecule has 110 valence electrons. The molecule has 3 nitrogen and oxygen atoms in total. The summed E-state index contributed by atoms with van der Waals surface area (Å²) in [7, 11) is 0. The molecule has 0 saturated carbocycles. The van der Waals surface area contributed by atoms with Gasteiger partial charge < -0.3 is 10.2 Å². The van der Waals surface area contributed by atoms with Gasteiger partial charge in [0, 0.05) is 49.5 Å². The van der Waals surface area contributed by atoms with Crippen LogP contribution in [-0.4, -0.2) is 50.2 Å². The van der Waals surface area contributed by atoms with Crippen LogP contribution in [-0.2, 0) is 0 Å². The van der Waals surface area contributed by atoms with Crippen molar-refractivity contribution < 1.29 is 0 Å². The Hall–Kier alpha value is -0.770. The van der Waals surface area contributed by atoms with Crippen LogP contribution in [0, 0.1) is 0 Å². The lowest BCUT2D eigenvalue weighted by atomic mass is 10.1. The lowest BCUT2D eigenvalue weighted by Crippen LogP contribution is -2.52. The van der Waals surface area contributed by atoms with Crippen molar-refractivity contribution in [2.75, 3.05) is 44.2 Å². The highest BCUT2D eigenvalue weighted by molar-refractivity contribution is 6.30. The molecule has 2 aliphatic heterocycles. The minimum absolute atomic E-state index is 0.741. The second kappa shape index (κ2) is 6.79. The summed E-state index contributed by atoms with van der Waals surface area (Å²) in [4.78, 5) is 5.14. The van der Waals surface area contributed by atoms with Gasteiger partial charge in [-0.05, 0) is 43.7 Å². The first-order valence-electron chi connectivity index (χ1n) is 7.78. The molecule has 2 saturated heterocycles. The van der Waals surface area contributed by atoms with E-state index >= 15 is 0 Å². The molecule has 2 heterocycles. The van der Waals surface area contributed by atoms with Crippen molar-refractivity contribution in [3.05, 3.63) is 29.3 Å². The molecule has 0 bridgehead atoms. The normalized spacial score (nSPS) is 25.4. The fraction of sp³-hybridized carbons (Fsp3) is 0.625. The zero-order valence-electron chi connectivity index (χ0n) is 12.0. The SMILES string of the molecule is Clc1ccc(N2CCN(C3CCCCNC3)CC2)cc1. The highest BCUT2D eigenvalue weighted by Gasteiger charge is 2.24. The topological polar surface area (TPSA) is 18.5 Å². The predicted molar refractivity (Wildman–Crippen MR) is 85.7 cm³/mol. The zero-order valence-corrected chi connectivity index (χ0v) is 12.8. The van der Waals surface area contributed by atoms with Crippen LogP contribution in [0.4, 0.5) is 5.69 Å². The van der Waals surface area contributed by atoms with Crippen molar-refractivity contribution in [2.45, 2.75) is 25.3 Å². The monoisotopic (exact) mass is 293 g/mol. The van der Waals surface area contributed by atoms with Gasteiger partial charge >= 0.3 is 0 Å². The van der Waals surface area contributed by atoms with E-state index < -0.39 is 0 Å². The van der Waals surface area contributed by atoms with Gasteiger partial charge in [0.2, 0.25) is 0 Å². The summed E-state index contributed by atoms with van der Waals surface area (Å²) < 4.78 is 0. The van der Waals surface area contributed by atoms with Crippen molar-refractivity contribution in [3.63, 3.8) is 0 Å². The highest BCUT2D eigenvalue weighted by atomic mass is 35.5. The van der Waals surface area contributed by atoms with Gasteiger partial charge in [0.1, 0.15) is 0 Å². The average molecular weight is 294 g/mol. The van der Waals surface area contributed by atoms with Crippen LogP contribution in [0.1, 0.15) is 19.3 Å². The van der Waals surface area contributed by atoms with Crippen LogP contribution in [0.25, 0.3) is 0 Å². The highest BCUT2D eigenvalue weighted by Crippen LogP contribution is 2.21. The van der Waals surface area contributed by atoms with Crippen molar-refractivity contribution >= 4 is 17.3 Å². The van der Waals surface area contributed by atoms with E-state index in [1.165, 1.54) is 51.1 Å². The maximum absolute atomic E-state index is 5.96. The molecule has 1 unspecified atom stereocenters. The lowest BCUT2D eigenvalue weighted by molar-refractivity contribution is 0.177. The predicted octanol–water partition coefficient (Wildman–Crippen LogP) is 2.60. The number of piperazine rings is 1. The minimum atomic E-state index is 0.741. The standard InChI is InChI=1S/C16H24ClN3/c17-14-4-6-15(7-5-14)19-9-11-20(12-10-19)16-3-1-2-8-18-13-16/h4-7,16,18H,1-3,8-13H2. The minimum Gasteiger partial charge on any atom is -0.369 e. The van der Waals surface area contributed by atoms with Crippen LogP contribution in [0.15, 0.2) is 24.3 Å². The maximum atomic E-state index is 5.96. The lowest BCUT2D eigenvalue weighted by Gasteiger charge is -2.40. The molecular weight excluding hydrogens is 270 g/mol. The summed E-state index contributed by atoms with van der Waals surface area (Å²) in [6.45, 7) is 6.96. The Balaban J connectivity index is 1.54. The van der Waals surface area contributed by atoms with Crippen LogP contribution in [0.5, 0.6) is 0 Å². The van der Waals surface area contributed by atoms with Gasteiger partial charge in [-0.2, -0.15) is 0 Å². The Bertz CT molecular complexity index is 404. The summed E-state index contributed by atoms with van der Waals surface area (Å²) in [6, 6.07) is 8.97. The summed E-state index contributed by atoms with van der Waals surface area (Å²) >= 11 is 5.96. The molecule has 1 N–H and O–H groups in total. The van der Waals surface area contributed by atoms with Crippen molar-refractivity contribution in [1.82, 2.24) is 10.2 Å². The second-order valence-electron chi connectivity index (χ2n) is 5.85. The largest absolute Gasteiger partial charge is 0.369 e. The van der Waals surface area contributed by atoms with E-state index in [1.54, 1.807) is 0 Å². The van der Waals surface area contributed by atoms with Crippen molar-refractivity contribution in [3.8, 4) is 0 Å². The van der Waals surface area contributed by atoms with Crippen LogP contribution >= 0.6 is 11.6 Å². The molecule has 0 aromatic heterocycles. The van der Waals surface area contributed by atoms with Gasteiger partial charge in [-0.1, -0.05) is 18.0 Å².